The van der Waals surface area contributed by atoms with Crippen LogP contribution in [0.25, 0.3) is 0 Å². The van der Waals surface area contributed by atoms with Gasteiger partial charge in [-0.1, -0.05) is 0 Å². The molecule has 1 aromatic heterocycles. The molecule has 1 aromatic rings. The van der Waals surface area contributed by atoms with Gasteiger partial charge in [-0.25, -0.2) is 0 Å². The van der Waals surface area contributed by atoms with Crippen molar-refractivity contribution >= 4 is 27.9 Å². The van der Waals surface area contributed by atoms with Crippen molar-refractivity contribution in [3.05, 3.63) is 10.4 Å². The lowest BCUT2D eigenvalue weighted by Gasteiger charge is -2.15. The number of carbonyl (C=O) groups excluding carboxylic acids is 1. The van der Waals surface area contributed by atoms with Crippen LogP contribution in [0.2, 0.25) is 0 Å². The lowest BCUT2D eigenvalue weighted by Crippen LogP contribution is -2.21. The number of aliphatic hydroxyl groups is 1. The molecule has 102 valence electrons. The van der Waals surface area contributed by atoms with Gasteiger partial charge in [0.2, 0.25) is 0 Å². The number of aliphatic hydroxyl groups excluding tert-OH is 1. The molecule has 1 fully saturated rings. The Balaban J connectivity index is 2.43. The molecule has 0 aromatic carbocycles. The second-order valence-electron chi connectivity index (χ2n) is 4.72. The minimum Gasteiger partial charge on any atom is -0.396 e. The number of rotatable bonds is 2. The molecule has 0 bridgehead atoms. The summed E-state index contributed by atoms with van der Waals surface area (Å²) in [6, 6.07) is 2.06. The molecule has 1 aliphatic rings. The number of thiophene rings is 1. The first-order valence-corrected chi connectivity index (χ1v) is 6.74. The normalized spacial score (nSPS) is 18.4. The third-order valence-electron chi connectivity index (χ3n) is 3.09. The number of amides is 1. The number of nitrogens with two attached hydrogens (primary N) is 1. The Morgan fingerprint density at radius 3 is 2.79 bits per heavy atom. The highest BCUT2D eigenvalue weighted by molar-refractivity contribution is 7.19. The molecule has 0 spiro atoms. The monoisotopic (exact) mass is 280 g/mol. The van der Waals surface area contributed by atoms with E-state index in [2.05, 4.69) is 6.07 Å². The minimum atomic E-state index is -0.386. The molecule has 0 aliphatic carbocycles. The standard InChI is InChI=1S/C12H16N4O2S/c1-15(2)11(18)10-9(14)8(5-13)12(19-10)16-4-3-7(17)6-16/h7,17H,3-4,6,14H2,1-2H3. The number of nitrogens with zero attached hydrogens (tertiary/aromatic N) is 3. The molecular weight excluding hydrogens is 264 g/mol. The van der Waals surface area contributed by atoms with E-state index >= 15 is 0 Å². The zero-order valence-corrected chi connectivity index (χ0v) is 11.7. The third kappa shape index (κ3) is 2.37. The number of hydrogen-bond acceptors (Lipinski definition) is 6. The zero-order chi connectivity index (χ0) is 14.2. The summed E-state index contributed by atoms with van der Waals surface area (Å²) in [6.45, 7) is 1.15. The van der Waals surface area contributed by atoms with E-state index in [1.807, 2.05) is 4.90 Å². The lowest BCUT2D eigenvalue weighted by molar-refractivity contribution is 0.0833. The van der Waals surface area contributed by atoms with Gasteiger partial charge >= 0.3 is 0 Å². The number of carbonyl (C=O) groups is 1. The van der Waals surface area contributed by atoms with Crippen molar-refractivity contribution in [1.82, 2.24) is 4.90 Å². The summed E-state index contributed by atoms with van der Waals surface area (Å²) in [7, 11) is 3.29. The van der Waals surface area contributed by atoms with Crippen LogP contribution in [0.1, 0.15) is 21.7 Å². The van der Waals surface area contributed by atoms with E-state index in [-0.39, 0.29) is 17.7 Å². The first-order valence-electron chi connectivity index (χ1n) is 5.92. The molecular formula is C12H16N4O2S. The second kappa shape index (κ2) is 5.07. The predicted octanol–water partition coefficient (Wildman–Crippen LogP) is 0.475. The van der Waals surface area contributed by atoms with E-state index < -0.39 is 0 Å². The topological polar surface area (TPSA) is 93.6 Å². The van der Waals surface area contributed by atoms with Crippen LogP contribution in [-0.2, 0) is 0 Å². The van der Waals surface area contributed by atoms with Gasteiger partial charge in [0, 0.05) is 27.2 Å². The average Bonchev–Trinajstić information content (AvgIpc) is 2.92. The summed E-state index contributed by atoms with van der Waals surface area (Å²) in [5.74, 6) is -0.204. The van der Waals surface area contributed by atoms with E-state index in [0.717, 1.165) is 0 Å². The maximum atomic E-state index is 12.0. The Kier molecular flexibility index (Phi) is 3.64. The third-order valence-corrected chi connectivity index (χ3v) is 4.34. The molecule has 1 aliphatic heterocycles. The maximum Gasteiger partial charge on any atom is 0.265 e. The van der Waals surface area contributed by atoms with Gasteiger partial charge < -0.3 is 20.6 Å². The zero-order valence-electron chi connectivity index (χ0n) is 10.9. The van der Waals surface area contributed by atoms with E-state index in [1.165, 1.54) is 16.2 Å². The summed E-state index contributed by atoms with van der Waals surface area (Å²) in [5, 5.41) is 19.5. The molecule has 19 heavy (non-hydrogen) atoms. The van der Waals surface area contributed by atoms with E-state index in [0.29, 0.717) is 35.0 Å². The van der Waals surface area contributed by atoms with Crippen molar-refractivity contribution in [2.24, 2.45) is 0 Å². The van der Waals surface area contributed by atoms with Crippen LogP contribution in [0.15, 0.2) is 0 Å². The Morgan fingerprint density at radius 2 is 2.32 bits per heavy atom. The summed E-state index contributed by atoms with van der Waals surface area (Å²) < 4.78 is 0. The molecule has 7 heteroatoms. The fraction of sp³-hybridized carbons (Fsp3) is 0.500. The Bertz CT molecular complexity index is 547. The summed E-state index contributed by atoms with van der Waals surface area (Å²) in [6.07, 6.45) is 0.280. The second-order valence-corrected chi connectivity index (χ2v) is 5.72. The molecule has 3 N–H and O–H groups in total. The van der Waals surface area contributed by atoms with Gasteiger partial charge in [-0.15, -0.1) is 11.3 Å². The Morgan fingerprint density at radius 1 is 1.63 bits per heavy atom. The number of β-amino-alcohol motifs (C(OH)–C–C–N with tert-alkyl or cyclic N) is 1. The molecule has 0 saturated carbocycles. The summed E-state index contributed by atoms with van der Waals surface area (Å²) >= 11 is 1.22. The molecule has 2 heterocycles. The first kappa shape index (κ1) is 13.6. The van der Waals surface area contributed by atoms with Gasteiger partial charge in [0.25, 0.3) is 5.91 Å². The fourth-order valence-corrected chi connectivity index (χ4v) is 3.28. The van der Waals surface area contributed by atoms with Crippen LogP contribution in [0.5, 0.6) is 0 Å². The quantitative estimate of drug-likeness (QED) is 0.821. The maximum absolute atomic E-state index is 12.0. The van der Waals surface area contributed by atoms with Crippen LogP contribution in [0, 0.1) is 11.3 Å². The van der Waals surface area contributed by atoms with Crippen molar-refractivity contribution < 1.29 is 9.90 Å². The molecule has 2 rings (SSSR count). The van der Waals surface area contributed by atoms with Crippen molar-refractivity contribution in [2.45, 2.75) is 12.5 Å². The van der Waals surface area contributed by atoms with Gasteiger partial charge in [-0.05, 0) is 6.42 Å². The van der Waals surface area contributed by atoms with Crippen LogP contribution >= 0.6 is 11.3 Å². The molecule has 0 radical (unpaired) electrons. The van der Waals surface area contributed by atoms with Crippen LogP contribution in [0.3, 0.4) is 0 Å². The van der Waals surface area contributed by atoms with Crippen molar-refractivity contribution in [2.75, 3.05) is 37.8 Å². The van der Waals surface area contributed by atoms with Gasteiger partial charge in [-0.2, -0.15) is 5.26 Å². The smallest absolute Gasteiger partial charge is 0.265 e. The van der Waals surface area contributed by atoms with Crippen molar-refractivity contribution in [3.63, 3.8) is 0 Å². The first-order chi connectivity index (χ1) is 8.95. The molecule has 6 nitrogen and oxygen atoms in total. The Hall–Kier alpha value is -1.78. The van der Waals surface area contributed by atoms with E-state index in [4.69, 9.17) is 5.73 Å². The van der Waals surface area contributed by atoms with Crippen molar-refractivity contribution in [1.29, 1.82) is 5.26 Å². The number of anilines is 2. The highest BCUT2D eigenvalue weighted by atomic mass is 32.1. The van der Waals surface area contributed by atoms with Crippen LogP contribution in [-0.4, -0.2) is 49.2 Å². The fourth-order valence-electron chi connectivity index (χ4n) is 2.05. The van der Waals surface area contributed by atoms with Crippen molar-refractivity contribution in [3.8, 4) is 6.07 Å². The SMILES string of the molecule is CN(C)C(=O)c1sc(N2CCC(O)C2)c(C#N)c1N. The average molecular weight is 280 g/mol. The Labute approximate surface area is 115 Å². The number of hydrogen-bond donors (Lipinski definition) is 2. The van der Waals surface area contributed by atoms with Gasteiger partial charge in [0.05, 0.1) is 11.8 Å². The molecule has 1 amide bonds. The summed E-state index contributed by atoms with van der Waals surface area (Å²) in [5.41, 5.74) is 6.48. The van der Waals surface area contributed by atoms with Gasteiger partial charge in [-0.3, -0.25) is 4.79 Å². The molecule has 1 unspecified atom stereocenters. The van der Waals surface area contributed by atoms with E-state index in [9.17, 15) is 15.2 Å². The summed E-state index contributed by atoms with van der Waals surface area (Å²) in [4.78, 5) is 15.7. The van der Waals surface area contributed by atoms with E-state index in [1.54, 1.807) is 14.1 Å². The highest BCUT2D eigenvalue weighted by Gasteiger charge is 2.29. The van der Waals surface area contributed by atoms with Crippen LogP contribution < -0.4 is 10.6 Å². The largest absolute Gasteiger partial charge is 0.396 e. The molecule has 1 saturated heterocycles. The van der Waals surface area contributed by atoms with Gasteiger partial charge in [0.15, 0.2) is 0 Å². The highest BCUT2D eigenvalue weighted by Crippen LogP contribution is 2.39. The number of nitrogen functional groups attached to an aromatic ring is 1. The predicted molar refractivity (Wildman–Crippen MR) is 74.3 cm³/mol. The van der Waals surface area contributed by atoms with Gasteiger partial charge in [0.1, 0.15) is 21.5 Å². The number of nitriles is 1. The minimum absolute atomic E-state index is 0.204. The lowest BCUT2D eigenvalue weighted by atomic mass is 10.2. The van der Waals surface area contributed by atoms with Crippen LogP contribution in [0.4, 0.5) is 10.7 Å². The molecule has 1 atom stereocenters.